The number of rotatable bonds is 10. The van der Waals surface area contributed by atoms with E-state index in [1.54, 1.807) is 6.26 Å². The first-order valence-corrected chi connectivity index (χ1v) is 12.1. The average Bonchev–Trinajstić information content (AvgIpc) is 3.48. The van der Waals surface area contributed by atoms with Gasteiger partial charge < -0.3 is 14.5 Å². The van der Waals surface area contributed by atoms with Crippen LogP contribution in [0.4, 0.5) is 5.69 Å². The number of aryl methyl sites for hydroxylation is 1. The van der Waals surface area contributed by atoms with Gasteiger partial charge in [0.05, 0.1) is 18.6 Å². The van der Waals surface area contributed by atoms with Crippen molar-refractivity contribution >= 4 is 23.4 Å². The highest BCUT2D eigenvalue weighted by Gasteiger charge is 2.16. The molecule has 7 nitrogen and oxygen atoms in total. The molecule has 0 atom stereocenters. The number of hydrogen-bond acceptors (Lipinski definition) is 6. The fraction of sp³-hybridized carbons (Fsp3) is 0.269. The maximum Gasteiger partial charge on any atom is 0.234 e. The van der Waals surface area contributed by atoms with Gasteiger partial charge in [-0.05, 0) is 54.8 Å². The van der Waals surface area contributed by atoms with Gasteiger partial charge >= 0.3 is 0 Å². The van der Waals surface area contributed by atoms with E-state index in [1.807, 2.05) is 72.2 Å². The van der Waals surface area contributed by atoms with Crippen molar-refractivity contribution in [3.63, 3.8) is 0 Å². The van der Waals surface area contributed by atoms with Crippen LogP contribution in [0.2, 0.25) is 0 Å². The number of furan rings is 1. The number of hydrogen-bond donors (Lipinski definition) is 1. The lowest BCUT2D eigenvalue weighted by molar-refractivity contribution is -0.113. The SMILES string of the molecule is Cc1ccc(OCc2nnc(SCC(=O)Nc3ccc(C(C)C)cc3)n2Cc2ccco2)cc1. The highest BCUT2D eigenvalue weighted by molar-refractivity contribution is 7.99. The van der Waals surface area contributed by atoms with Crippen LogP contribution in [-0.4, -0.2) is 26.4 Å². The Balaban J connectivity index is 1.41. The van der Waals surface area contributed by atoms with Crippen LogP contribution in [-0.2, 0) is 17.9 Å². The molecule has 0 saturated carbocycles. The average molecular weight is 477 g/mol. The predicted octanol–water partition coefficient (Wildman–Crippen LogP) is 5.66. The number of thioether (sulfide) groups is 1. The summed E-state index contributed by atoms with van der Waals surface area (Å²) >= 11 is 1.33. The minimum absolute atomic E-state index is 0.104. The quantitative estimate of drug-likeness (QED) is 0.297. The summed E-state index contributed by atoms with van der Waals surface area (Å²) in [4.78, 5) is 12.5. The largest absolute Gasteiger partial charge is 0.486 e. The second-order valence-electron chi connectivity index (χ2n) is 8.28. The first kappa shape index (κ1) is 23.6. The molecule has 0 radical (unpaired) electrons. The predicted molar refractivity (Wildman–Crippen MR) is 133 cm³/mol. The Hall–Kier alpha value is -3.52. The van der Waals surface area contributed by atoms with Crippen LogP contribution in [0.25, 0.3) is 0 Å². The molecule has 2 aromatic heterocycles. The number of carbonyl (C=O) groups excluding carboxylic acids is 1. The van der Waals surface area contributed by atoms with Gasteiger partial charge in [-0.25, -0.2) is 0 Å². The first-order valence-electron chi connectivity index (χ1n) is 11.1. The minimum Gasteiger partial charge on any atom is -0.486 e. The zero-order valence-electron chi connectivity index (χ0n) is 19.5. The van der Waals surface area contributed by atoms with Crippen molar-refractivity contribution in [2.24, 2.45) is 0 Å². The van der Waals surface area contributed by atoms with E-state index in [9.17, 15) is 4.79 Å². The molecule has 0 saturated heterocycles. The van der Waals surface area contributed by atoms with Crippen LogP contribution < -0.4 is 10.1 Å². The van der Waals surface area contributed by atoms with E-state index in [4.69, 9.17) is 9.15 Å². The van der Waals surface area contributed by atoms with Gasteiger partial charge in [0.2, 0.25) is 5.91 Å². The monoisotopic (exact) mass is 476 g/mol. The zero-order chi connectivity index (χ0) is 23.9. The molecule has 1 N–H and O–H groups in total. The van der Waals surface area contributed by atoms with Gasteiger partial charge in [0.1, 0.15) is 18.1 Å². The molecular weight excluding hydrogens is 448 g/mol. The number of carbonyl (C=O) groups is 1. The molecule has 1 amide bonds. The van der Waals surface area contributed by atoms with Gasteiger partial charge in [0.25, 0.3) is 0 Å². The molecule has 4 aromatic rings. The van der Waals surface area contributed by atoms with E-state index in [0.717, 1.165) is 17.2 Å². The van der Waals surface area contributed by atoms with Crippen LogP contribution >= 0.6 is 11.8 Å². The van der Waals surface area contributed by atoms with Gasteiger partial charge in [0.15, 0.2) is 11.0 Å². The van der Waals surface area contributed by atoms with Crippen molar-refractivity contribution in [2.45, 2.75) is 45.0 Å². The van der Waals surface area contributed by atoms with E-state index in [2.05, 4.69) is 29.4 Å². The van der Waals surface area contributed by atoms with E-state index >= 15 is 0 Å². The molecule has 0 aliphatic carbocycles. The number of nitrogens with one attached hydrogen (secondary N) is 1. The van der Waals surface area contributed by atoms with Crippen LogP contribution in [0.5, 0.6) is 5.75 Å². The van der Waals surface area contributed by atoms with Gasteiger partial charge in [-0.3, -0.25) is 9.36 Å². The molecule has 0 unspecified atom stereocenters. The fourth-order valence-corrected chi connectivity index (χ4v) is 4.07. The summed E-state index contributed by atoms with van der Waals surface area (Å²) in [6.45, 7) is 7.02. The minimum atomic E-state index is -0.104. The molecule has 176 valence electrons. The van der Waals surface area contributed by atoms with Gasteiger partial charge in [-0.15, -0.1) is 10.2 Å². The molecule has 0 bridgehead atoms. The Morgan fingerprint density at radius 3 is 2.53 bits per heavy atom. The van der Waals surface area contributed by atoms with Crippen molar-refractivity contribution in [1.82, 2.24) is 14.8 Å². The van der Waals surface area contributed by atoms with Crippen molar-refractivity contribution in [1.29, 1.82) is 0 Å². The molecule has 0 spiro atoms. The fourth-order valence-electron chi connectivity index (χ4n) is 3.31. The van der Waals surface area contributed by atoms with Crippen molar-refractivity contribution in [3.8, 4) is 5.75 Å². The Morgan fingerprint density at radius 1 is 1.09 bits per heavy atom. The number of anilines is 1. The van der Waals surface area contributed by atoms with Crippen LogP contribution in [0.15, 0.2) is 76.5 Å². The number of benzene rings is 2. The highest BCUT2D eigenvalue weighted by atomic mass is 32.2. The topological polar surface area (TPSA) is 82.2 Å². The smallest absolute Gasteiger partial charge is 0.234 e. The third kappa shape index (κ3) is 6.29. The maximum absolute atomic E-state index is 12.5. The van der Waals surface area contributed by atoms with Crippen LogP contribution in [0, 0.1) is 6.92 Å². The van der Waals surface area contributed by atoms with Crippen LogP contribution in [0.3, 0.4) is 0 Å². The Morgan fingerprint density at radius 2 is 1.85 bits per heavy atom. The molecule has 2 heterocycles. The molecule has 0 fully saturated rings. The second-order valence-corrected chi connectivity index (χ2v) is 9.22. The normalized spacial score (nSPS) is 11.1. The van der Waals surface area contributed by atoms with Gasteiger partial charge in [0, 0.05) is 5.69 Å². The lowest BCUT2D eigenvalue weighted by Crippen LogP contribution is -2.15. The standard InChI is InChI=1S/C26H28N4O3S/c1-18(2)20-8-10-21(11-9-20)27-25(31)17-34-26-29-28-24(30(26)15-23-5-4-14-32-23)16-33-22-12-6-19(3)7-13-22/h4-14,18H,15-17H2,1-3H3,(H,27,31). The van der Waals surface area contributed by atoms with E-state index in [-0.39, 0.29) is 18.3 Å². The summed E-state index contributed by atoms with van der Waals surface area (Å²) in [7, 11) is 0. The Kier molecular flexibility index (Phi) is 7.69. The molecule has 8 heteroatoms. The molecule has 2 aromatic carbocycles. The van der Waals surface area contributed by atoms with Crippen LogP contribution in [0.1, 0.15) is 42.5 Å². The summed E-state index contributed by atoms with van der Waals surface area (Å²) in [6, 6.07) is 19.5. The summed E-state index contributed by atoms with van der Waals surface area (Å²) in [6.07, 6.45) is 1.63. The molecule has 4 rings (SSSR count). The summed E-state index contributed by atoms with van der Waals surface area (Å²) in [5, 5.41) is 12.2. The molecule has 34 heavy (non-hydrogen) atoms. The van der Waals surface area contributed by atoms with Gasteiger partial charge in [-0.2, -0.15) is 0 Å². The highest BCUT2D eigenvalue weighted by Crippen LogP contribution is 2.22. The molecular formula is C26H28N4O3S. The summed E-state index contributed by atoms with van der Waals surface area (Å²) < 4.78 is 13.3. The summed E-state index contributed by atoms with van der Waals surface area (Å²) in [5.41, 5.74) is 3.18. The second kappa shape index (κ2) is 11.1. The Bertz CT molecular complexity index is 1200. The first-order chi connectivity index (χ1) is 16.5. The van der Waals surface area contributed by atoms with Crippen molar-refractivity contribution < 1.29 is 13.9 Å². The van der Waals surface area contributed by atoms with Crippen molar-refractivity contribution in [3.05, 3.63) is 89.6 Å². The third-order valence-electron chi connectivity index (χ3n) is 5.27. The number of aromatic nitrogens is 3. The number of amides is 1. The number of nitrogens with zero attached hydrogens (tertiary/aromatic N) is 3. The van der Waals surface area contributed by atoms with E-state index < -0.39 is 0 Å². The lowest BCUT2D eigenvalue weighted by Gasteiger charge is -2.11. The zero-order valence-corrected chi connectivity index (χ0v) is 20.3. The molecule has 0 aliphatic rings. The lowest BCUT2D eigenvalue weighted by atomic mass is 10.0. The summed E-state index contributed by atoms with van der Waals surface area (Å²) in [5.74, 6) is 2.74. The Labute approximate surface area is 203 Å². The maximum atomic E-state index is 12.5. The van der Waals surface area contributed by atoms with Crippen molar-refractivity contribution in [2.75, 3.05) is 11.1 Å². The third-order valence-corrected chi connectivity index (χ3v) is 6.24. The van der Waals surface area contributed by atoms with E-state index in [1.165, 1.54) is 22.9 Å². The number of ether oxygens (including phenoxy) is 1. The molecule has 0 aliphatic heterocycles. The van der Waals surface area contributed by atoms with E-state index in [0.29, 0.717) is 23.4 Å². The van der Waals surface area contributed by atoms with Gasteiger partial charge in [-0.1, -0.05) is 55.4 Å².